The van der Waals surface area contributed by atoms with Crippen molar-refractivity contribution >= 4 is 22.0 Å². The highest BCUT2D eigenvalue weighted by atomic mass is 79.9. The van der Waals surface area contributed by atoms with Crippen molar-refractivity contribution in [3.05, 3.63) is 64.1 Å². The standard InChI is InChI=1S/C21H24BrNO3/c1-21(2,3)23(20(24)25)19-12-18(19)15-7-9-17(10-8-15)26-13-14-5-4-6-16(22)11-14/h4-11,18-19H,12-13H2,1-3H3,(H,24,25)/t18-,19+/m0/s1. The van der Waals surface area contributed by atoms with Crippen LogP contribution in [0.1, 0.15) is 44.2 Å². The van der Waals surface area contributed by atoms with Crippen LogP contribution in [0.5, 0.6) is 5.75 Å². The van der Waals surface area contributed by atoms with Crippen LogP contribution in [0.4, 0.5) is 4.79 Å². The molecule has 2 atom stereocenters. The maximum atomic E-state index is 11.6. The summed E-state index contributed by atoms with van der Waals surface area (Å²) in [6.45, 7) is 6.34. The van der Waals surface area contributed by atoms with Crippen molar-refractivity contribution in [1.82, 2.24) is 4.90 Å². The number of amides is 1. The van der Waals surface area contributed by atoms with Gasteiger partial charge >= 0.3 is 6.09 Å². The van der Waals surface area contributed by atoms with Crippen LogP contribution in [0.25, 0.3) is 0 Å². The number of hydrogen-bond acceptors (Lipinski definition) is 2. The summed E-state index contributed by atoms with van der Waals surface area (Å²) in [7, 11) is 0. The molecule has 138 valence electrons. The molecule has 0 radical (unpaired) electrons. The van der Waals surface area contributed by atoms with E-state index in [0.717, 1.165) is 22.2 Å². The first-order valence-electron chi connectivity index (χ1n) is 8.75. The van der Waals surface area contributed by atoms with E-state index in [1.807, 2.05) is 69.3 Å². The second-order valence-electron chi connectivity index (χ2n) is 7.72. The van der Waals surface area contributed by atoms with Crippen LogP contribution in [0.2, 0.25) is 0 Å². The Kier molecular flexibility index (Phi) is 5.28. The number of ether oxygens (including phenoxy) is 1. The summed E-state index contributed by atoms with van der Waals surface area (Å²) in [6, 6.07) is 16.1. The average molecular weight is 418 g/mol. The lowest BCUT2D eigenvalue weighted by Gasteiger charge is -2.33. The maximum Gasteiger partial charge on any atom is 0.408 e. The molecular weight excluding hydrogens is 394 g/mol. The highest BCUT2D eigenvalue weighted by Gasteiger charge is 2.48. The molecule has 0 aliphatic heterocycles. The van der Waals surface area contributed by atoms with Crippen molar-refractivity contribution in [2.45, 2.75) is 51.3 Å². The van der Waals surface area contributed by atoms with Gasteiger partial charge in [0.15, 0.2) is 0 Å². The summed E-state index contributed by atoms with van der Waals surface area (Å²) in [5.41, 5.74) is 1.88. The number of hydrogen-bond donors (Lipinski definition) is 1. The quantitative estimate of drug-likeness (QED) is 0.682. The Bertz CT molecular complexity index is 783. The Morgan fingerprint density at radius 3 is 2.50 bits per heavy atom. The van der Waals surface area contributed by atoms with Crippen molar-refractivity contribution in [2.75, 3.05) is 0 Å². The molecule has 0 aromatic heterocycles. The molecule has 5 heteroatoms. The fourth-order valence-corrected chi connectivity index (χ4v) is 3.80. The molecule has 0 saturated heterocycles. The van der Waals surface area contributed by atoms with Gasteiger partial charge in [-0.3, -0.25) is 4.90 Å². The Labute approximate surface area is 162 Å². The van der Waals surface area contributed by atoms with E-state index in [9.17, 15) is 9.90 Å². The number of halogens is 1. The molecule has 0 bridgehead atoms. The molecule has 0 heterocycles. The van der Waals surface area contributed by atoms with E-state index in [4.69, 9.17) is 4.74 Å². The van der Waals surface area contributed by atoms with Gasteiger partial charge in [0, 0.05) is 22.0 Å². The number of carbonyl (C=O) groups is 1. The van der Waals surface area contributed by atoms with E-state index in [1.165, 1.54) is 5.56 Å². The van der Waals surface area contributed by atoms with Gasteiger partial charge in [0.05, 0.1) is 0 Å². The summed E-state index contributed by atoms with van der Waals surface area (Å²) < 4.78 is 6.88. The van der Waals surface area contributed by atoms with Crippen LogP contribution in [0.3, 0.4) is 0 Å². The summed E-state index contributed by atoms with van der Waals surface area (Å²) in [5.74, 6) is 1.08. The summed E-state index contributed by atoms with van der Waals surface area (Å²) in [5, 5.41) is 9.53. The topological polar surface area (TPSA) is 49.8 Å². The number of nitrogens with zero attached hydrogens (tertiary/aromatic N) is 1. The van der Waals surface area contributed by atoms with Crippen molar-refractivity contribution in [3.8, 4) is 5.75 Å². The molecule has 3 rings (SSSR count). The van der Waals surface area contributed by atoms with Crippen LogP contribution in [0.15, 0.2) is 53.0 Å². The SMILES string of the molecule is CC(C)(C)N(C(=O)O)[C@@H]1C[C@H]1c1ccc(OCc2cccc(Br)c2)cc1. The van der Waals surface area contributed by atoms with E-state index in [0.29, 0.717) is 6.61 Å². The molecule has 1 aliphatic rings. The molecule has 0 unspecified atom stereocenters. The molecule has 1 amide bonds. The highest BCUT2D eigenvalue weighted by molar-refractivity contribution is 9.10. The van der Waals surface area contributed by atoms with Crippen LogP contribution >= 0.6 is 15.9 Å². The fraction of sp³-hybridized carbons (Fsp3) is 0.381. The van der Waals surface area contributed by atoms with E-state index in [2.05, 4.69) is 15.9 Å². The highest BCUT2D eigenvalue weighted by Crippen LogP contribution is 2.47. The molecule has 4 nitrogen and oxygen atoms in total. The first-order chi connectivity index (χ1) is 12.3. The van der Waals surface area contributed by atoms with Crippen molar-refractivity contribution in [2.24, 2.45) is 0 Å². The number of rotatable bonds is 5. The molecule has 1 fully saturated rings. The molecular formula is C21H24BrNO3. The second kappa shape index (κ2) is 7.31. The lowest BCUT2D eigenvalue weighted by Crippen LogP contribution is -2.46. The molecule has 26 heavy (non-hydrogen) atoms. The second-order valence-corrected chi connectivity index (χ2v) is 8.64. The third-order valence-electron chi connectivity index (χ3n) is 4.62. The Hall–Kier alpha value is -2.01. The van der Waals surface area contributed by atoms with Crippen molar-refractivity contribution in [1.29, 1.82) is 0 Å². The molecule has 1 aliphatic carbocycles. The Balaban J connectivity index is 1.61. The van der Waals surface area contributed by atoms with E-state index < -0.39 is 11.6 Å². The van der Waals surface area contributed by atoms with Crippen LogP contribution < -0.4 is 4.74 Å². The predicted molar refractivity (Wildman–Crippen MR) is 106 cm³/mol. The van der Waals surface area contributed by atoms with Gasteiger partial charge < -0.3 is 9.84 Å². The van der Waals surface area contributed by atoms with Gasteiger partial charge in [-0.2, -0.15) is 0 Å². The molecule has 2 aromatic rings. The van der Waals surface area contributed by atoms with E-state index in [1.54, 1.807) is 4.90 Å². The minimum atomic E-state index is -0.848. The third-order valence-corrected chi connectivity index (χ3v) is 5.11. The van der Waals surface area contributed by atoms with Gasteiger partial charge in [0.2, 0.25) is 0 Å². The first-order valence-corrected chi connectivity index (χ1v) is 9.54. The summed E-state index contributed by atoms with van der Waals surface area (Å²) >= 11 is 3.46. The first kappa shape index (κ1) is 18.8. The van der Waals surface area contributed by atoms with Gasteiger partial charge in [-0.15, -0.1) is 0 Å². The van der Waals surface area contributed by atoms with Gasteiger partial charge in [-0.05, 0) is 62.6 Å². The van der Waals surface area contributed by atoms with Gasteiger partial charge in [-0.25, -0.2) is 4.79 Å². The zero-order valence-corrected chi connectivity index (χ0v) is 16.9. The average Bonchev–Trinajstić information content (AvgIpc) is 3.31. The van der Waals surface area contributed by atoms with Crippen molar-refractivity contribution in [3.63, 3.8) is 0 Å². The van der Waals surface area contributed by atoms with Crippen molar-refractivity contribution < 1.29 is 14.6 Å². The molecule has 1 saturated carbocycles. The largest absolute Gasteiger partial charge is 0.489 e. The third kappa shape index (κ3) is 4.39. The smallest absolute Gasteiger partial charge is 0.408 e. The predicted octanol–water partition coefficient (Wildman–Crippen LogP) is 5.66. The number of carboxylic acid groups (broad SMARTS) is 1. The normalized spacial score (nSPS) is 19.1. The molecule has 1 N–H and O–H groups in total. The minimum absolute atomic E-state index is 0.0564. The van der Waals surface area contributed by atoms with Crippen LogP contribution in [0, 0.1) is 0 Å². The lowest BCUT2D eigenvalue weighted by molar-refractivity contribution is 0.0940. The zero-order chi connectivity index (χ0) is 18.9. The fourth-order valence-electron chi connectivity index (χ4n) is 3.36. The van der Waals surface area contributed by atoms with Crippen LogP contribution in [-0.2, 0) is 6.61 Å². The Morgan fingerprint density at radius 2 is 1.92 bits per heavy atom. The Morgan fingerprint density at radius 1 is 1.23 bits per heavy atom. The molecule has 2 aromatic carbocycles. The van der Waals surface area contributed by atoms with Gasteiger partial charge in [0.25, 0.3) is 0 Å². The van der Waals surface area contributed by atoms with Crippen LogP contribution in [-0.4, -0.2) is 27.7 Å². The minimum Gasteiger partial charge on any atom is -0.489 e. The summed E-state index contributed by atoms with van der Waals surface area (Å²) in [4.78, 5) is 13.2. The molecule has 0 spiro atoms. The van der Waals surface area contributed by atoms with E-state index in [-0.39, 0.29) is 12.0 Å². The van der Waals surface area contributed by atoms with Gasteiger partial charge in [-0.1, -0.05) is 40.2 Å². The number of benzene rings is 2. The van der Waals surface area contributed by atoms with Gasteiger partial charge in [0.1, 0.15) is 12.4 Å². The van der Waals surface area contributed by atoms with E-state index >= 15 is 0 Å². The monoisotopic (exact) mass is 417 g/mol. The zero-order valence-electron chi connectivity index (χ0n) is 15.3. The maximum absolute atomic E-state index is 11.6. The summed E-state index contributed by atoms with van der Waals surface area (Å²) in [6.07, 6.45) is 0.0286. The lowest BCUT2D eigenvalue weighted by atomic mass is 10.1.